The van der Waals surface area contributed by atoms with Gasteiger partial charge in [0.2, 0.25) is 0 Å². The maximum absolute atomic E-state index is 12.9. The van der Waals surface area contributed by atoms with Crippen LogP contribution in [0.25, 0.3) is 0 Å². The zero-order valence-electron chi connectivity index (χ0n) is 15.6. The number of nitrogens with zero attached hydrogens (tertiary/aromatic N) is 2. The van der Waals surface area contributed by atoms with E-state index in [4.69, 9.17) is 4.74 Å². The van der Waals surface area contributed by atoms with Crippen molar-refractivity contribution in [3.05, 3.63) is 62.4 Å². The number of H-pyrrole nitrogens is 1. The maximum atomic E-state index is 12.9. The molecule has 8 nitrogen and oxygen atoms in total. The van der Waals surface area contributed by atoms with E-state index in [-0.39, 0.29) is 17.8 Å². The van der Waals surface area contributed by atoms with Gasteiger partial charge in [-0.1, -0.05) is 12.1 Å². The molecule has 0 saturated carbocycles. The Morgan fingerprint density at radius 2 is 1.93 bits per heavy atom. The van der Waals surface area contributed by atoms with Crippen molar-refractivity contribution in [2.75, 3.05) is 13.1 Å². The number of carbonyl (C=O) groups excluding carboxylic acids is 2. The van der Waals surface area contributed by atoms with Crippen LogP contribution in [0.4, 0.5) is 0 Å². The molecule has 28 heavy (non-hydrogen) atoms. The number of amides is 1. The summed E-state index contributed by atoms with van der Waals surface area (Å²) < 4.78 is 7.41. The van der Waals surface area contributed by atoms with Gasteiger partial charge in [0.05, 0.1) is 12.0 Å². The fraction of sp³-hybridized carbons (Fsp3) is 0.400. The van der Waals surface area contributed by atoms with Crippen LogP contribution in [0.3, 0.4) is 0 Å². The van der Waals surface area contributed by atoms with Crippen LogP contribution in [-0.2, 0) is 7.05 Å². The molecular formula is C20H21N3O5. The van der Waals surface area contributed by atoms with Gasteiger partial charge in [-0.05, 0) is 25.0 Å². The van der Waals surface area contributed by atoms with E-state index in [1.165, 1.54) is 17.8 Å². The number of aryl methyl sites for hydroxylation is 1. The quantitative estimate of drug-likeness (QED) is 0.795. The first-order valence-electron chi connectivity index (χ1n) is 9.29. The average Bonchev–Trinajstić information content (AvgIpc) is 2.86. The number of carbonyl (C=O) groups is 2. The molecule has 0 radical (unpaired) electrons. The molecule has 0 bridgehead atoms. The summed E-state index contributed by atoms with van der Waals surface area (Å²) >= 11 is 0. The third kappa shape index (κ3) is 3.15. The minimum absolute atomic E-state index is 0.0520. The van der Waals surface area contributed by atoms with Crippen LogP contribution in [0.1, 0.15) is 46.4 Å². The smallest absolute Gasteiger partial charge is 0.328 e. The van der Waals surface area contributed by atoms with Gasteiger partial charge in [0.15, 0.2) is 5.78 Å². The highest BCUT2D eigenvalue weighted by atomic mass is 16.5. The SMILES string of the molecule is Cn1cc(C(=O)N2CCCC3(CC2)CC(=O)c2ccccc2O3)c(=O)[nH]c1=O. The van der Waals surface area contributed by atoms with Crippen LogP contribution in [0, 0.1) is 0 Å². The molecule has 8 heteroatoms. The minimum Gasteiger partial charge on any atom is -0.486 e. The Balaban J connectivity index is 1.56. The lowest BCUT2D eigenvalue weighted by molar-refractivity contribution is 0.0300. The zero-order valence-corrected chi connectivity index (χ0v) is 15.6. The summed E-state index contributed by atoms with van der Waals surface area (Å²) in [4.78, 5) is 52.7. The van der Waals surface area contributed by atoms with E-state index in [1.54, 1.807) is 17.0 Å². The van der Waals surface area contributed by atoms with Gasteiger partial charge in [-0.15, -0.1) is 0 Å². The Bertz CT molecular complexity index is 1070. The van der Waals surface area contributed by atoms with E-state index >= 15 is 0 Å². The Labute approximate surface area is 160 Å². The predicted octanol–water partition coefficient (Wildman–Crippen LogP) is 1.10. The second-order valence-corrected chi connectivity index (χ2v) is 7.44. The molecule has 4 rings (SSSR count). The van der Waals surface area contributed by atoms with E-state index in [1.807, 2.05) is 12.1 Å². The van der Waals surface area contributed by atoms with Crippen LogP contribution in [0.2, 0.25) is 0 Å². The summed E-state index contributed by atoms with van der Waals surface area (Å²) in [6, 6.07) is 7.22. The van der Waals surface area contributed by atoms with Crippen molar-refractivity contribution in [3.63, 3.8) is 0 Å². The van der Waals surface area contributed by atoms with Crippen molar-refractivity contribution in [1.29, 1.82) is 0 Å². The molecule has 1 amide bonds. The molecule has 1 aromatic heterocycles. The van der Waals surface area contributed by atoms with Crippen LogP contribution < -0.4 is 16.0 Å². The third-order valence-corrected chi connectivity index (χ3v) is 5.52. The number of rotatable bonds is 1. The molecule has 2 aliphatic heterocycles. The number of hydrogen-bond donors (Lipinski definition) is 1. The number of ketones is 1. The summed E-state index contributed by atoms with van der Waals surface area (Å²) in [5.74, 6) is 0.223. The summed E-state index contributed by atoms with van der Waals surface area (Å²) in [6.45, 7) is 0.832. The number of fused-ring (bicyclic) bond motifs is 1. The monoisotopic (exact) mass is 383 g/mol. The fourth-order valence-electron chi connectivity index (χ4n) is 3.98. The highest BCUT2D eigenvalue weighted by molar-refractivity contribution is 6.00. The molecule has 1 aromatic carbocycles. The minimum atomic E-state index is -0.690. The molecule has 2 aromatic rings. The largest absolute Gasteiger partial charge is 0.486 e. The van der Waals surface area contributed by atoms with Crippen molar-refractivity contribution in [3.8, 4) is 5.75 Å². The molecule has 1 atom stereocenters. The van der Waals surface area contributed by atoms with Crippen LogP contribution in [0.15, 0.2) is 40.1 Å². The Morgan fingerprint density at radius 3 is 2.75 bits per heavy atom. The second-order valence-electron chi connectivity index (χ2n) is 7.44. The van der Waals surface area contributed by atoms with Gasteiger partial charge in [-0.2, -0.15) is 0 Å². The number of ether oxygens (including phenoxy) is 1. The molecule has 0 aliphatic carbocycles. The Morgan fingerprint density at radius 1 is 1.14 bits per heavy atom. The van der Waals surface area contributed by atoms with Gasteiger partial charge in [0.1, 0.15) is 16.9 Å². The maximum Gasteiger partial charge on any atom is 0.328 e. The van der Waals surface area contributed by atoms with Gasteiger partial charge >= 0.3 is 5.69 Å². The van der Waals surface area contributed by atoms with E-state index in [9.17, 15) is 19.2 Å². The molecular weight excluding hydrogens is 362 g/mol. The molecule has 1 unspecified atom stereocenters. The number of Topliss-reactive ketones (excluding diaryl/α,β-unsaturated/α-hetero) is 1. The van der Waals surface area contributed by atoms with Crippen molar-refractivity contribution in [2.45, 2.75) is 31.3 Å². The summed E-state index contributed by atoms with van der Waals surface area (Å²) in [5, 5.41) is 0. The number of likely N-dealkylation sites (tertiary alicyclic amines) is 1. The van der Waals surface area contributed by atoms with Gasteiger partial charge in [-0.3, -0.25) is 19.4 Å². The van der Waals surface area contributed by atoms with Crippen molar-refractivity contribution in [2.24, 2.45) is 7.05 Å². The second kappa shape index (κ2) is 6.78. The third-order valence-electron chi connectivity index (χ3n) is 5.52. The summed E-state index contributed by atoms with van der Waals surface area (Å²) in [6.07, 6.45) is 3.36. The van der Waals surface area contributed by atoms with E-state index in [0.717, 1.165) is 0 Å². The van der Waals surface area contributed by atoms with E-state index in [0.29, 0.717) is 43.7 Å². The lowest BCUT2D eigenvalue weighted by atomic mass is 9.84. The number of para-hydroxylation sites is 1. The first-order chi connectivity index (χ1) is 13.4. The highest BCUT2D eigenvalue weighted by Gasteiger charge is 2.42. The molecule has 1 fully saturated rings. The first kappa shape index (κ1) is 18.2. The summed E-state index contributed by atoms with van der Waals surface area (Å²) in [7, 11) is 1.48. The fourth-order valence-corrected chi connectivity index (χ4v) is 3.98. The number of nitrogens with one attached hydrogen (secondary N) is 1. The first-order valence-corrected chi connectivity index (χ1v) is 9.29. The van der Waals surface area contributed by atoms with Crippen LogP contribution in [0.5, 0.6) is 5.75 Å². The van der Waals surface area contributed by atoms with Gasteiger partial charge in [0.25, 0.3) is 11.5 Å². The normalized spacial score (nSPS) is 21.8. The number of aromatic amines is 1. The molecule has 1 saturated heterocycles. The van der Waals surface area contributed by atoms with Crippen LogP contribution >= 0.6 is 0 Å². The average molecular weight is 383 g/mol. The predicted molar refractivity (Wildman–Crippen MR) is 101 cm³/mol. The number of benzene rings is 1. The van der Waals surface area contributed by atoms with Crippen molar-refractivity contribution in [1.82, 2.24) is 14.5 Å². The van der Waals surface area contributed by atoms with Crippen molar-refractivity contribution < 1.29 is 14.3 Å². The van der Waals surface area contributed by atoms with Crippen LogP contribution in [-0.4, -0.2) is 44.8 Å². The van der Waals surface area contributed by atoms with Gasteiger partial charge in [0, 0.05) is 32.8 Å². The van der Waals surface area contributed by atoms with E-state index < -0.39 is 22.8 Å². The lowest BCUT2D eigenvalue weighted by Crippen LogP contribution is -2.43. The Kier molecular flexibility index (Phi) is 4.41. The molecule has 1 N–H and O–H groups in total. The van der Waals surface area contributed by atoms with E-state index in [2.05, 4.69) is 4.98 Å². The number of aromatic nitrogens is 2. The molecule has 146 valence electrons. The van der Waals surface area contributed by atoms with Crippen molar-refractivity contribution >= 4 is 11.7 Å². The zero-order chi connectivity index (χ0) is 19.9. The lowest BCUT2D eigenvalue weighted by Gasteiger charge is -2.37. The molecule has 3 heterocycles. The topological polar surface area (TPSA) is 101 Å². The molecule has 1 spiro atoms. The number of hydrogen-bond acceptors (Lipinski definition) is 5. The molecule has 2 aliphatic rings. The highest BCUT2D eigenvalue weighted by Crippen LogP contribution is 2.39. The van der Waals surface area contributed by atoms with Gasteiger partial charge in [-0.25, -0.2) is 4.79 Å². The Hall–Kier alpha value is -3.16. The standard InChI is InChI=1S/C20H21N3O5/c1-22-12-14(17(25)21-19(22)27)18(26)23-9-4-7-20(8-10-23)11-15(24)13-5-2-3-6-16(13)28-20/h2-3,5-6,12H,4,7-11H2,1H3,(H,21,25,27). The summed E-state index contributed by atoms with van der Waals surface area (Å²) in [5.41, 5.74) is -1.35. The van der Waals surface area contributed by atoms with Gasteiger partial charge < -0.3 is 14.2 Å².